The van der Waals surface area contributed by atoms with Crippen LogP contribution >= 0.6 is 0 Å². The maximum absolute atomic E-state index is 14.6. The number of urea groups is 1. The van der Waals surface area contributed by atoms with E-state index in [4.69, 9.17) is 4.74 Å². The molecule has 0 saturated heterocycles. The van der Waals surface area contributed by atoms with Crippen LogP contribution in [-0.4, -0.2) is 16.9 Å². The predicted molar refractivity (Wildman–Crippen MR) is 121 cm³/mol. The molecule has 7 nitrogen and oxygen atoms in total. The van der Waals surface area contributed by atoms with Gasteiger partial charge in [0, 0.05) is 48.1 Å². The monoisotopic (exact) mass is 470 g/mol. The second-order valence-electron chi connectivity index (χ2n) is 7.94. The molecule has 0 atom stereocenters. The van der Waals surface area contributed by atoms with Crippen LogP contribution in [0.1, 0.15) is 25.3 Å². The molecule has 0 bridgehead atoms. The smallest absolute Gasteiger partial charge is 0.323 e. The minimum Gasteiger partial charge on any atom is -0.454 e. The van der Waals surface area contributed by atoms with Crippen LogP contribution in [0, 0.1) is 11.7 Å². The highest BCUT2D eigenvalue weighted by molar-refractivity contribution is 5.99. The van der Waals surface area contributed by atoms with E-state index in [0.717, 1.165) is 31.9 Å². The molecule has 0 spiro atoms. The molecule has 3 aromatic rings. The number of hydrogen-bond acceptors (Lipinski definition) is 4. The van der Waals surface area contributed by atoms with Crippen LogP contribution in [0.2, 0.25) is 0 Å². The highest BCUT2D eigenvalue weighted by Gasteiger charge is 2.29. The average molecular weight is 470 g/mol. The zero-order valence-electron chi connectivity index (χ0n) is 18.1. The quantitative estimate of drug-likeness (QED) is 0.388. The highest BCUT2D eigenvalue weighted by atomic mass is 19.3. The molecule has 10 heteroatoms. The zero-order chi connectivity index (χ0) is 24.3. The van der Waals surface area contributed by atoms with Gasteiger partial charge < -0.3 is 20.7 Å². The molecule has 0 radical (unpaired) electrons. The fourth-order valence-electron chi connectivity index (χ4n) is 3.07. The van der Waals surface area contributed by atoms with Gasteiger partial charge in [0.25, 0.3) is 5.92 Å². The van der Waals surface area contributed by atoms with Crippen molar-refractivity contribution in [3.63, 3.8) is 0 Å². The third-order valence-electron chi connectivity index (χ3n) is 4.98. The maximum Gasteiger partial charge on any atom is 0.323 e. The standard InChI is InChI=1S/C24H21F3N4O3/c1-24(26,27)15-3-2-4-16(11-15)29-23(33)30-17-7-8-20(19(25)12-17)34-18-9-10-28-21(13-18)31-22(32)14-5-6-14/h2-4,7-14H,5-6H2,1H3,(H,28,31,32)(H2,29,30,33). The first-order valence-electron chi connectivity index (χ1n) is 10.5. The summed E-state index contributed by atoms with van der Waals surface area (Å²) < 4.78 is 47.0. The lowest BCUT2D eigenvalue weighted by Crippen LogP contribution is -2.20. The summed E-state index contributed by atoms with van der Waals surface area (Å²) in [6, 6.07) is 11.3. The Morgan fingerprint density at radius 1 is 1.00 bits per heavy atom. The van der Waals surface area contributed by atoms with Crippen molar-refractivity contribution in [2.24, 2.45) is 5.92 Å². The summed E-state index contributed by atoms with van der Waals surface area (Å²) in [5, 5.41) is 7.56. The van der Waals surface area contributed by atoms with Crippen molar-refractivity contribution in [3.05, 3.63) is 72.2 Å². The van der Waals surface area contributed by atoms with Gasteiger partial charge in [-0.15, -0.1) is 0 Å². The number of halogens is 3. The molecule has 1 fully saturated rings. The summed E-state index contributed by atoms with van der Waals surface area (Å²) in [6.07, 6.45) is 3.14. The maximum atomic E-state index is 14.6. The van der Waals surface area contributed by atoms with Gasteiger partial charge in [0.2, 0.25) is 5.91 Å². The van der Waals surface area contributed by atoms with Crippen molar-refractivity contribution < 1.29 is 27.5 Å². The minimum absolute atomic E-state index is 0.0117. The van der Waals surface area contributed by atoms with E-state index in [0.29, 0.717) is 5.82 Å². The highest BCUT2D eigenvalue weighted by Crippen LogP contribution is 2.32. The third-order valence-corrected chi connectivity index (χ3v) is 4.98. The SMILES string of the molecule is CC(F)(F)c1cccc(NC(=O)Nc2ccc(Oc3ccnc(NC(=O)C4CC4)c3)c(F)c2)c1. The topological polar surface area (TPSA) is 92.3 Å². The summed E-state index contributed by atoms with van der Waals surface area (Å²) in [7, 11) is 0. The van der Waals surface area contributed by atoms with E-state index in [1.54, 1.807) is 0 Å². The van der Waals surface area contributed by atoms with Crippen molar-refractivity contribution in [1.29, 1.82) is 0 Å². The Morgan fingerprint density at radius 2 is 1.74 bits per heavy atom. The lowest BCUT2D eigenvalue weighted by molar-refractivity contribution is -0.117. The predicted octanol–water partition coefficient (Wildman–Crippen LogP) is 6.12. The van der Waals surface area contributed by atoms with Gasteiger partial charge in [-0.25, -0.2) is 22.9 Å². The summed E-state index contributed by atoms with van der Waals surface area (Å²) in [4.78, 5) is 28.1. The second-order valence-corrected chi connectivity index (χ2v) is 7.94. The molecule has 0 aliphatic heterocycles. The fourth-order valence-corrected chi connectivity index (χ4v) is 3.07. The zero-order valence-corrected chi connectivity index (χ0v) is 18.1. The first-order valence-corrected chi connectivity index (χ1v) is 10.5. The molecule has 0 unspecified atom stereocenters. The molecular formula is C24H21F3N4O3. The van der Waals surface area contributed by atoms with Gasteiger partial charge in [0.15, 0.2) is 11.6 Å². The van der Waals surface area contributed by atoms with Gasteiger partial charge in [-0.2, -0.15) is 0 Å². The molecule has 1 aliphatic carbocycles. The number of ether oxygens (including phenoxy) is 1. The molecule has 1 aliphatic rings. The fraction of sp³-hybridized carbons (Fsp3) is 0.208. The number of aromatic nitrogens is 1. The van der Waals surface area contributed by atoms with E-state index < -0.39 is 17.8 Å². The van der Waals surface area contributed by atoms with Gasteiger partial charge in [-0.1, -0.05) is 12.1 Å². The number of alkyl halides is 2. The van der Waals surface area contributed by atoms with E-state index in [-0.39, 0.29) is 40.3 Å². The number of carbonyl (C=O) groups is 2. The van der Waals surface area contributed by atoms with Gasteiger partial charge in [0.1, 0.15) is 11.6 Å². The van der Waals surface area contributed by atoms with E-state index in [9.17, 15) is 22.8 Å². The first kappa shape index (κ1) is 23.1. The van der Waals surface area contributed by atoms with Crippen LogP contribution < -0.4 is 20.7 Å². The lowest BCUT2D eigenvalue weighted by Gasteiger charge is -2.13. The van der Waals surface area contributed by atoms with Crippen molar-refractivity contribution in [2.75, 3.05) is 16.0 Å². The molecule has 4 rings (SSSR count). The average Bonchev–Trinajstić information content (AvgIpc) is 3.61. The molecule has 34 heavy (non-hydrogen) atoms. The second kappa shape index (κ2) is 9.42. The van der Waals surface area contributed by atoms with Crippen molar-refractivity contribution in [1.82, 2.24) is 4.98 Å². The van der Waals surface area contributed by atoms with Gasteiger partial charge in [-0.3, -0.25) is 4.79 Å². The van der Waals surface area contributed by atoms with Crippen molar-refractivity contribution in [3.8, 4) is 11.5 Å². The van der Waals surface area contributed by atoms with Crippen molar-refractivity contribution >= 4 is 29.1 Å². The number of pyridine rings is 1. The normalized spacial score (nSPS) is 13.2. The number of amides is 3. The van der Waals surface area contributed by atoms with E-state index in [1.165, 1.54) is 48.7 Å². The molecule has 2 aromatic carbocycles. The van der Waals surface area contributed by atoms with Crippen LogP contribution in [-0.2, 0) is 10.7 Å². The number of hydrogen-bond donors (Lipinski definition) is 3. The molecule has 1 heterocycles. The number of nitrogens with one attached hydrogen (secondary N) is 3. The van der Waals surface area contributed by atoms with E-state index >= 15 is 0 Å². The number of carbonyl (C=O) groups excluding carboxylic acids is 2. The molecule has 3 amide bonds. The number of rotatable bonds is 7. The van der Waals surface area contributed by atoms with E-state index in [2.05, 4.69) is 20.9 Å². The Labute approximate surface area is 193 Å². The summed E-state index contributed by atoms with van der Waals surface area (Å²) in [5.41, 5.74) is 0.0508. The molecule has 1 aromatic heterocycles. The first-order chi connectivity index (χ1) is 16.2. The van der Waals surface area contributed by atoms with Crippen LogP contribution in [0.5, 0.6) is 11.5 Å². The summed E-state index contributed by atoms with van der Waals surface area (Å²) in [6.45, 7) is 0.759. The molecular weight excluding hydrogens is 449 g/mol. The number of benzene rings is 2. The Balaban J connectivity index is 1.38. The van der Waals surface area contributed by atoms with Crippen LogP contribution in [0.3, 0.4) is 0 Å². The van der Waals surface area contributed by atoms with Crippen molar-refractivity contribution in [2.45, 2.75) is 25.7 Å². The molecule has 1 saturated carbocycles. The van der Waals surface area contributed by atoms with E-state index in [1.807, 2.05) is 0 Å². The Bertz CT molecular complexity index is 1230. The largest absolute Gasteiger partial charge is 0.454 e. The lowest BCUT2D eigenvalue weighted by atomic mass is 10.1. The molecule has 176 valence electrons. The summed E-state index contributed by atoms with van der Waals surface area (Å²) >= 11 is 0. The Kier molecular flexibility index (Phi) is 6.40. The van der Waals surface area contributed by atoms with Crippen LogP contribution in [0.15, 0.2) is 60.8 Å². The van der Waals surface area contributed by atoms with Crippen LogP contribution in [0.4, 0.5) is 35.2 Å². The molecule has 3 N–H and O–H groups in total. The minimum atomic E-state index is -3.05. The number of nitrogens with zero attached hydrogens (tertiary/aromatic N) is 1. The third kappa shape index (κ3) is 6.03. The van der Waals surface area contributed by atoms with Crippen LogP contribution in [0.25, 0.3) is 0 Å². The Morgan fingerprint density at radius 3 is 2.41 bits per heavy atom. The number of anilines is 3. The van der Waals surface area contributed by atoms with Gasteiger partial charge >= 0.3 is 6.03 Å². The Hall–Kier alpha value is -4.08. The van der Waals surface area contributed by atoms with Gasteiger partial charge in [-0.05, 0) is 43.2 Å². The summed E-state index contributed by atoms with van der Waals surface area (Å²) in [5.74, 6) is -3.43. The van der Waals surface area contributed by atoms with Gasteiger partial charge in [0.05, 0.1) is 0 Å².